The van der Waals surface area contributed by atoms with Crippen LogP contribution in [0.4, 0.5) is 42.2 Å². The molecule has 0 saturated carbocycles. The number of alkyl halides is 6. The minimum atomic E-state index is -4.90. The maximum absolute atomic E-state index is 15.1. The maximum Gasteiger partial charge on any atom is 0.423 e. The highest BCUT2D eigenvalue weighted by Gasteiger charge is 2.38. The number of aryl methyl sites for hydroxylation is 1. The van der Waals surface area contributed by atoms with Crippen molar-refractivity contribution in [3.8, 4) is 11.4 Å². The molecule has 17 heteroatoms. The minimum Gasteiger partial charge on any atom is -0.381 e. The Hall–Kier alpha value is -4.57. The smallest absolute Gasteiger partial charge is 0.381 e. The van der Waals surface area contributed by atoms with E-state index >= 15 is 4.39 Å². The van der Waals surface area contributed by atoms with E-state index in [0.717, 1.165) is 18.3 Å². The van der Waals surface area contributed by atoms with Crippen molar-refractivity contribution < 1.29 is 30.7 Å². The molecule has 0 radical (unpaired) electrons. The van der Waals surface area contributed by atoms with Gasteiger partial charge in [-0.15, -0.1) is 0 Å². The van der Waals surface area contributed by atoms with Gasteiger partial charge in [-0.1, -0.05) is 0 Å². The molecule has 0 fully saturated rings. The van der Waals surface area contributed by atoms with Crippen LogP contribution in [0.25, 0.3) is 22.3 Å². The van der Waals surface area contributed by atoms with Gasteiger partial charge in [0.15, 0.2) is 5.82 Å². The third-order valence-corrected chi connectivity index (χ3v) is 6.17. The Balaban J connectivity index is 1.52. The molecule has 10 nitrogen and oxygen atoms in total. The number of rotatable bonds is 9. The van der Waals surface area contributed by atoms with E-state index in [1.165, 1.54) is 10.9 Å². The van der Waals surface area contributed by atoms with E-state index in [2.05, 4.69) is 30.7 Å². The van der Waals surface area contributed by atoms with Gasteiger partial charge in [0, 0.05) is 25.3 Å². The third kappa shape index (κ3) is 6.49. The zero-order chi connectivity index (χ0) is 30.8. The molecule has 0 aliphatic carbocycles. The van der Waals surface area contributed by atoms with Crippen molar-refractivity contribution in [1.29, 1.82) is 0 Å². The summed E-state index contributed by atoms with van der Waals surface area (Å²) in [4.78, 5) is 36.3. The summed E-state index contributed by atoms with van der Waals surface area (Å²) < 4.78 is 95.9. The van der Waals surface area contributed by atoms with Crippen LogP contribution < -0.4 is 21.8 Å². The third-order valence-electron chi connectivity index (χ3n) is 6.17. The van der Waals surface area contributed by atoms with Gasteiger partial charge < -0.3 is 10.6 Å². The Bertz CT molecular complexity index is 1720. The van der Waals surface area contributed by atoms with E-state index in [1.807, 2.05) is 0 Å². The first-order valence-electron chi connectivity index (χ1n) is 12.5. The van der Waals surface area contributed by atoms with Gasteiger partial charge in [0.25, 0.3) is 11.1 Å². The zero-order valence-corrected chi connectivity index (χ0v) is 22.0. The molecule has 0 saturated heterocycles. The second-order valence-electron chi connectivity index (χ2n) is 9.25. The second kappa shape index (κ2) is 11.7. The molecule has 0 bridgehead atoms. The summed E-state index contributed by atoms with van der Waals surface area (Å²) in [6.07, 6.45) is -6.45. The van der Waals surface area contributed by atoms with E-state index in [9.17, 15) is 35.9 Å². The van der Waals surface area contributed by atoms with Crippen LogP contribution in [0.15, 0.2) is 40.4 Å². The van der Waals surface area contributed by atoms with Gasteiger partial charge in [-0.25, -0.2) is 24.4 Å². The molecule has 0 aliphatic heterocycles. The fourth-order valence-electron chi connectivity index (χ4n) is 4.23. The Kier molecular flexibility index (Phi) is 8.49. The molecule has 42 heavy (non-hydrogen) atoms. The molecule has 4 rings (SSSR count). The molecule has 0 unspecified atom stereocenters. The number of hydrogen-bond donors (Lipinski definition) is 3. The summed E-state index contributed by atoms with van der Waals surface area (Å²) in [5.74, 6) is -1.81. The van der Waals surface area contributed by atoms with Crippen LogP contribution >= 0.6 is 0 Å². The van der Waals surface area contributed by atoms with E-state index in [1.54, 1.807) is 18.9 Å². The molecule has 1 aromatic carbocycles. The number of halogens is 7. The molecule has 1 atom stereocenters. The van der Waals surface area contributed by atoms with Gasteiger partial charge in [-0.2, -0.15) is 31.4 Å². The standard InChI is InChI=1S/C25H23F7N8O2/c1-3-33-21-15(24(27,28)29)9-34-20(38-21)13-8-17-14(7-16(13)26)23(42)40(11-35-17)6-4-5-12(2)37-18-10-36-39-22(41)19(18)25(30,31)32/h7-12H,3-6H2,1-2H3,(H,33,34,38)(H2,37,39,41)/t12-/m0/s1. The van der Waals surface area contributed by atoms with Gasteiger partial charge in [-0.05, 0) is 38.8 Å². The number of fused-ring (bicyclic) bond motifs is 1. The number of benzene rings is 1. The van der Waals surface area contributed by atoms with E-state index in [-0.39, 0.29) is 41.8 Å². The average molecular weight is 600 g/mol. The van der Waals surface area contributed by atoms with E-state index < -0.39 is 58.0 Å². The number of nitrogens with zero attached hydrogens (tertiary/aromatic N) is 5. The summed E-state index contributed by atoms with van der Waals surface area (Å²) >= 11 is 0. The number of H-pyrrole nitrogens is 1. The summed E-state index contributed by atoms with van der Waals surface area (Å²) in [5.41, 5.74) is -5.19. The van der Waals surface area contributed by atoms with E-state index in [4.69, 9.17) is 0 Å². The molecule has 0 spiro atoms. The van der Waals surface area contributed by atoms with Crippen molar-refractivity contribution in [3.05, 3.63) is 68.5 Å². The number of hydrogen-bond acceptors (Lipinski definition) is 8. The Morgan fingerprint density at radius 3 is 2.45 bits per heavy atom. The van der Waals surface area contributed by atoms with Crippen molar-refractivity contribution in [3.63, 3.8) is 0 Å². The highest BCUT2D eigenvalue weighted by Crippen LogP contribution is 2.35. The first-order valence-corrected chi connectivity index (χ1v) is 12.5. The fourth-order valence-corrected chi connectivity index (χ4v) is 4.23. The lowest BCUT2D eigenvalue weighted by atomic mass is 10.1. The lowest BCUT2D eigenvalue weighted by molar-refractivity contribution is -0.138. The SMILES string of the molecule is CCNc1nc(-c2cc3ncn(CCC[C@H](C)Nc4cn[nH]c(=O)c4C(F)(F)F)c(=O)c3cc2F)ncc1C(F)(F)F. The van der Waals surface area contributed by atoms with Gasteiger partial charge in [-0.3, -0.25) is 14.2 Å². The quantitative estimate of drug-likeness (QED) is 0.233. The Labute approximate surface area is 232 Å². The maximum atomic E-state index is 15.1. The second-order valence-corrected chi connectivity index (χ2v) is 9.25. The number of nitrogens with one attached hydrogen (secondary N) is 3. The first kappa shape index (κ1) is 30.4. The van der Waals surface area contributed by atoms with E-state index in [0.29, 0.717) is 12.6 Å². The summed E-state index contributed by atoms with van der Waals surface area (Å²) in [6, 6.07) is 1.51. The highest BCUT2D eigenvalue weighted by molar-refractivity contribution is 5.82. The van der Waals surface area contributed by atoms with Crippen LogP contribution in [-0.4, -0.2) is 42.3 Å². The van der Waals surface area contributed by atoms with Crippen LogP contribution in [0.2, 0.25) is 0 Å². The number of aromatic amines is 1. The lowest BCUT2D eigenvalue weighted by Gasteiger charge is -2.18. The monoisotopic (exact) mass is 600 g/mol. The first-order chi connectivity index (χ1) is 19.7. The van der Waals surface area contributed by atoms with Gasteiger partial charge in [0.2, 0.25) is 0 Å². The molecular weight excluding hydrogens is 577 g/mol. The van der Waals surface area contributed by atoms with Crippen molar-refractivity contribution in [2.24, 2.45) is 0 Å². The molecular formula is C25H23F7N8O2. The van der Waals surface area contributed by atoms with Crippen LogP contribution in [-0.2, 0) is 18.9 Å². The van der Waals surface area contributed by atoms with Crippen molar-refractivity contribution in [2.45, 2.75) is 51.6 Å². The summed E-state index contributed by atoms with van der Waals surface area (Å²) in [5, 5.41) is 10.1. The van der Waals surface area contributed by atoms with Crippen LogP contribution in [0.1, 0.15) is 37.8 Å². The molecule has 3 aromatic heterocycles. The lowest BCUT2D eigenvalue weighted by Crippen LogP contribution is -2.27. The van der Waals surface area contributed by atoms with Crippen LogP contribution in [0, 0.1) is 5.82 Å². The van der Waals surface area contributed by atoms with Crippen LogP contribution in [0.5, 0.6) is 0 Å². The van der Waals surface area contributed by atoms with Crippen LogP contribution in [0.3, 0.4) is 0 Å². The molecule has 0 amide bonds. The number of anilines is 2. The molecule has 224 valence electrons. The largest absolute Gasteiger partial charge is 0.423 e. The molecule has 4 aromatic rings. The average Bonchev–Trinajstić information content (AvgIpc) is 2.89. The van der Waals surface area contributed by atoms with Gasteiger partial charge >= 0.3 is 12.4 Å². The van der Waals surface area contributed by atoms with Crippen molar-refractivity contribution in [2.75, 3.05) is 17.2 Å². The molecule has 3 N–H and O–H groups in total. The molecule has 3 heterocycles. The topological polar surface area (TPSA) is 130 Å². The summed E-state index contributed by atoms with van der Waals surface area (Å²) in [7, 11) is 0. The predicted octanol–water partition coefficient (Wildman–Crippen LogP) is 4.83. The normalized spacial score (nSPS) is 12.9. The zero-order valence-electron chi connectivity index (χ0n) is 22.0. The van der Waals surface area contributed by atoms with Crippen molar-refractivity contribution in [1.82, 2.24) is 29.7 Å². The van der Waals surface area contributed by atoms with Gasteiger partial charge in [0.1, 0.15) is 22.8 Å². The fraction of sp³-hybridized carbons (Fsp3) is 0.360. The van der Waals surface area contributed by atoms with Gasteiger partial charge in [0.05, 0.1) is 34.7 Å². The Morgan fingerprint density at radius 1 is 1.05 bits per heavy atom. The molecule has 0 aliphatic rings. The number of aromatic nitrogens is 6. The Morgan fingerprint density at radius 2 is 1.79 bits per heavy atom. The highest BCUT2D eigenvalue weighted by atomic mass is 19.4. The van der Waals surface area contributed by atoms with Crippen molar-refractivity contribution >= 4 is 22.4 Å². The minimum absolute atomic E-state index is 0.0534. The predicted molar refractivity (Wildman–Crippen MR) is 138 cm³/mol. The summed E-state index contributed by atoms with van der Waals surface area (Å²) in [6.45, 7) is 3.36.